The number of benzene rings is 2. The van der Waals surface area contributed by atoms with Crippen LogP contribution in [0.25, 0.3) is 0 Å². The van der Waals surface area contributed by atoms with Crippen LogP contribution in [0.15, 0.2) is 30.3 Å². The fourth-order valence-electron chi connectivity index (χ4n) is 2.39. The number of anilines is 1. The van der Waals surface area contributed by atoms with Gasteiger partial charge in [0.15, 0.2) is 0 Å². The summed E-state index contributed by atoms with van der Waals surface area (Å²) in [4.78, 5) is 0. The van der Waals surface area contributed by atoms with Crippen LogP contribution in [0.3, 0.4) is 0 Å². The van der Waals surface area contributed by atoms with Gasteiger partial charge in [-0.05, 0) is 44.9 Å². The van der Waals surface area contributed by atoms with Crippen LogP contribution in [0.5, 0.6) is 5.75 Å². The topological polar surface area (TPSA) is 32.3 Å². The van der Waals surface area contributed by atoms with Crippen molar-refractivity contribution in [3.63, 3.8) is 0 Å². The number of aromatic hydroxyl groups is 1. The summed E-state index contributed by atoms with van der Waals surface area (Å²) in [5.41, 5.74) is 6.65. The van der Waals surface area contributed by atoms with E-state index in [2.05, 4.69) is 37.4 Å². The molecule has 0 radical (unpaired) electrons. The molecule has 0 aliphatic heterocycles. The second-order valence-electron chi connectivity index (χ2n) is 5.26. The van der Waals surface area contributed by atoms with E-state index >= 15 is 0 Å². The summed E-state index contributed by atoms with van der Waals surface area (Å²) in [6, 6.07) is 10.4. The van der Waals surface area contributed by atoms with Gasteiger partial charge in [-0.3, -0.25) is 0 Å². The fraction of sp³-hybridized carbons (Fsp3) is 0.294. The Hall–Kier alpha value is -1.96. The third-order valence-corrected chi connectivity index (χ3v) is 3.37. The first-order valence-corrected chi connectivity index (χ1v) is 6.57. The number of hydrogen-bond donors (Lipinski definition) is 2. The first kappa shape index (κ1) is 13.5. The number of aryl methyl sites for hydroxylation is 4. The molecule has 0 saturated carbocycles. The molecule has 100 valence electrons. The Balaban J connectivity index is 2.19. The molecule has 0 amide bonds. The lowest BCUT2D eigenvalue weighted by atomic mass is 10.1. The van der Waals surface area contributed by atoms with Crippen molar-refractivity contribution < 1.29 is 5.11 Å². The molecule has 2 heteroatoms. The Morgan fingerprint density at radius 2 is 1.58 bits per heavy atom. The molecule has 2 nitrogen and oxygen atoms in total. The molecule has 2 N–H and O–H groups in total. The normalized spacial score (nSPS) is 10.5. The summed E-state index contributed by atoms with van der Waals surface area (Å²) in [6.07, 6.45) is 0. The maximum absolute atomic E-state index is 10.1. The van der Waals surface area contributed by atoms with Gasteiger partial charge in [-0.25, -0.2) is 0 Å². The van der Waals surface area contributed by atoms with Gasteiger partial charge in [0.2, 0.25) is 0 Å². The number of phenols is 1. The highest BCUT2D eigenvalue weighted by Crippen LogP contribution is 2.25. The molecule has 0 fully saturated rings. The lowest BCUT2D eigenvalue weighted by molar-refractivity contribution is 0.464. The van der Waals surface area contributed by atoms with Gasteiger partial charge in [-0.2, -0.15) is 0 Å². The highest BCUT2D eigenvalue weighted by atomic mass is 16.3. The number of nitrogens with one attached hydrogen (secondary N) is 1. The maximum atomic E-state index is 10.1. The van der Waals surface area contributed by atoms with E-state index in [9.17, 15) is 5.11 Å². The SMILES string of the molecule is Cc1ccc(NCc2cc(C)cc(C)c2O)c(C)c1. The zero-order valence-electron chi connectivity index (χ0n) is 12.0. The maximum Gasteiger partial charge on any atom is 0.123 e. The Bertz CT molecular complexity index is 602. The lowest BCUT2D eigenvalue weighted by Crippen LogP contribution is -2.02. The molecular formula is C17H21NO. The standard InChI is InChI=1S/C17H21NO/c1-11-5-6-16(13(3)7-11)18-10-15-9-12(2)8-14(4)17(15)19/h5-9,18-19H,10H2,1-4H3. The lowest BCUT2D eigenvalue weighted by Gasteiger charge is -2.13. The van der Waals surface area contributed by atoms with Crippen LogP contribution >= 0.6 is 0 Å². The van der Waals surface area contributed by atoms with E-state index in [0.29, 0.717) is 12.3 Å². The molecule has 0 saturated heterocycles. The highest BCUT2D eigenvalue weighted by Gasteiger charge is 2.06. The van der Waals surface area contributed by atoms with Crippen molar-refractivity contribution >= 4 is 5.69 Å². The molecule has 0 bridgehead atoms. The molecule has 2 aromatic carbocycles. The van der Waals surface area contributed by atoms with Gasteiger partial charge in [-0.15, -0.1) is 0 Å². The van der Waals surface area contributed by atoms with E-state index in [1.54, 1.807) is 0 Å². The van der Waals surface area contributed by atoms with Crippen molar-refractivity contribution in [3.8, 4) is 5.75 Å². The average Bonchev–Trinajstić information content (AvgIpc) is 2.33. The predicted octanol–water partition coefficient (Wildman–Crippen LogP) is 4.24. The van der Waals surface area contributed by atoms with Crippen molar-refractivity contribution in [2.45, 2.75) is 34.2 Å². The third-order valence-electron chi connectivity index (χ3n) is 3.37. The van der Waals surface area contributed by atoms with Crippen LogP contribution in [0, 0.1) is 27.7 Å². The zero-order valence-corrected chi connectivity index (χ0v) is 12.0. The Morgan fingerprint density at radius 3 is 2.26 bits per heavy atom. The van der Waals surface area contributed by atoms with E-state index < -0.39 is 0 Å². The summed E-state index contributed by atoms with van der Waals surface area (Å²) in [5, 5.41) is 13.5. The second kappa shape index (κ2) is 5.35. The van der Waals surface area contributed by atoms with E-state index in [1.807, 2.05) is 26.0 Å². The Kier molecular flexibility index (Phi) is 3.79. The molecule has 0 aliphatic rings. The largest absolute Gasteiger partial charge is 0.507 e. The molecule has 0 atom stereocenters. The molecule has 0 aromatic heterocycles. The molecule has 0 aliphatic carbocycles. The molecule has 0 spiro atoms. The third kappa shape index (κ3) is 3.08. The van der Waals surface area contributed by atoms with E-state index in [0.717, 1.165) is 16.8 Å². The van der Waals surface area contributed by atoms with Gasteiger partial charge in [0.05, 0.1) is 0 Å². The molecule has 2 rings (SSSR count). The van der Waals surface area contributed by atoms with Crippen LogP contribution < -0.4 is 5.32 Å². The van der Waals surface area contributed by atoms with Crippen molar-refractivity contribution in [1.82, 2.24) is 0 Å². The fourth-order valence-corrected chi connectivity index (χ4v) is 2.39. The molecular weight excluding hydrogens is 234 g/mol. The van der Waals surface area contributed by atoms with Gasteiger partial charge in [-0.1, -0.05) is 35.4 Å². The van der Waals surface area contributed by atoms with E-state index in [4.69, 9.17) is 0 Å². The number of phenolic OH excluding ortho intramolecular Hbond substituents is 1. The van der Waals surface area contributed by atoms with Gasteiger partial charge in [0.25, 0.3) is 0 Å². The van der Waals surface area contributed by atoms with Crippen molar-refractivity contribution in [3.05, 3.63) is 58.1 Å². The minimum absolute atomic E-state index is 0.392. The van der Waals surface area contributed by atoms with Crippen molar-refractivity contribution in [2.24, 2.45) is 0 Å². The minimum atomic E-state index is 0.392. The van der Waals surface area contributed by atoms with Crippen molar-refractivity contribution in [1.29, 1.82) is 0 Å². The van der Waals surface area contributed by atoms with Gasteiger partial charge < -0.3 is 10.4 Å². The van der Waals surface area contributed by atoms with Crippen LogP contribution in [0.2, 0.25) is 0 Å². The average molecular weight is 255 g/mol. The Labute approximate surface area is 115 Å². The van der Waals surface area contributed by atoms with Gasteiger partial charge in [0, 0.05) is 17.8 Å². The van der Waals surface area contributed by atoms with Crippen LogP contribution in [0.4, 0.5) is 5.69 Å². The van der Waals surface area contributed by atoms with Crippen molar-refractivity contribution in [2.75, 3.05) is 5.32 Å². The van der Waals surface area contributed by atoms with E-state index in [-0.39, 0.29) is 0 Å². The summed E-state index contributed by atoms with van der Waals surface area (Å²) in [7, 11) is 0. The number of rotatable bonds is 3. The van der Waals surface area contributed by atoms with Crippen LogP contribution in [-0.2, 0) is 6.54 Å². The molecule has 2 aromatic rings. The van der Waals surface area contributed by atoms with Crippen LogP contribution in [-0.4, -0.2) is 5.11 Å². The molecule has 19 heavy (non-hydrogen) atoms. The smallest absolute Gasteiger partial charge is 0.123 e. The highest BCUT2D eigenvalue weighted by molar-refractivity contribution is 5.53. The summed E-state index contributed by atoms with van der Waals surface area (Å²) < 4.78 is 0. The number of hydrogen-bond acceptors (Lipinski definition) is 2. The minimum Gasteiger partial charge on any atom is -0.507 e. The predicted molar refractivity (Wildman–Crippen MR) is 80.8 cm³/mol. The zero-order chi connectivity index (χ0) is 14.0. The molecule has 0 unspecified atom stereocenters. The summed E-state index contributed by atoms with van der Waals surface area (Å²) >= 11 is 0. The molecule has 0 heterocycles. The van der Waals surface area contributed by atoms with E-state index in [1.165, 1.54) is 16.7 Å². The summed E-state index contributed by atoms with van der Waals surface area (Å²) in [6.45, 7) is 8.80. The summed E-state index contributed by atoms with van der Waals surface area (Å²) in [5.74, 6) is 0.392. The quantitative estimate of drug-likeness (QED) is 0.860. The Morgan fingerprint density at radius 1 is 0.895 bits per heavy atom. The van der Waals surface area contributed by atoms with Gasteiger partial charge >= 0.3 is 0 Å². The monoisotopic (exact) mass is 255 g/mol. The first-order chi connectivity index (χ1) is 8.97. The first-order valence-electron chi connectivity index (χ1n) is 6.57. The van der Waals surface area contributed by atoms with Crippen LogP contribution in [0.1, 0.15) is 27.8 Å². The second-order valence-corrected chi connectivity index (χ2v) is 5.26. The van der Waals surface area contributed by atoms with Gasteiger partial charge in [0.1, 0.15) is 5.75 Å².